The van der Waals surface area contributed by atoms with Crippen molar-refractivity contribution in [3.8, 4) is 0 Å². The lowest BCUT2D eigenvalue weighted by Crippen LogP contribution is -2.50. The summed E-state index contributed by atoms with van der Waals surface area (Å²) in [6, 6.07) is 9.78. The van der Waals surface area contributed by atoms with Crippen LogP contribution in [-0.4, -0.2) is 62.4 Å². The van der Waals surface area contributed by atoms with Crippen LogP contribution in [0.4, 0.5) is 0 Å². The first-order valence-electron chi connectivity index (χ1n) is 11.4. The highest BCUT2D eigenvalue weighted by molar-refractivity contribution is 5.94. The first kappa shape index (κ1) is 22.0. The zero-order chi connectivity index (χ0) is 22.8. The van der Waals surface area contributed by atoms with Gasteiger partial charge < -0.3 is 9.80 Å². The molecule has 4 rings (SSSR count). The van der Waals surface area contributed by atoms with Gasteiger partial charge in [0.25, 0.3) is 5.91 Å². The maximum atomic E-state index is 12.9. The van der Waals surface area contributed by atoms with Crippen molar-refractivity contribution in [3.05, 3.63) is 64.1 Å². The molecule has 0 spiro atoms. The molecule has 3 aromatic rings. The summed E-state index contributed by atoms with van der Waals surface area (Å²) in [5, 5.41) is 4.51. The zero-order valence-electron chi connectivity index (χ0n) is 19.4. The summed E-state index contributed by atoms with van der Waals surface area (Å²) in [6.45, 7) is 10.4. The third-order valence-electron chi connectivity index (χ3n) is 6.40. The van der Waals surface area contributed by atoms with Crippen LogP contribution in [-0.2, 0) is 17.6 Å². The van der Waals surface area contributed by atoms with E-state index in [1.165, 1.54) is 5.56 Å². The molecule has 0 radical (unpaired) electrons. The van der Waals surface area contributed by atoms with Gasteiger partial charge in [0.15, 0.2) is 5.65 Å². The second kappa shape index (κ2) is 9.10. The highest BCUT2D eigenvalue weighted by Crippen LogP contribution is 2.18. The summed E-state index contributed by atoms with van der Waals surface area (Å²) >= 11 is 0. The number of amides is 2. The predicted molar refractivity (Wildman–Crippen MR) is 124 cm³/mol. The Hall–Kier alpha value is -3.22. The van der Waals surface area contributed by atoms with Crippen molar-refractivity contribution in [2.24, 2.45) is 0 Å². The van der Waals surface area contributed by atoms with Crippen LogP contribution in [0.3, 0.4) is 0 Å². The normalized spacial score (nSPS) is 14.2. The molecule has 168 valence electrons. The topological polar surface area (TPSA) is 70.8 Å². The van der Waals surface area contributed by atoms with Crippen molar-refractivity contribution in [2.45, 2.75) is 47.0 Å². The maximum Gasteiger partial charge on any atom is 0.253 e. The quantitative estimate of drug-likeness (QED) is 0.620. The SMILES string of the molecule is CCc1ccc(C(=O)N2CCN(C(=O)CCc3c(C)nc4cc(C)nn4c3C)CC2)cc1. The summed E-state index contributed by atoms with van der Waals surface area (Å²) in [7, 11) is 0. The molecule has 0 N–H and O–H groups in total. The molecule has 0 unspecified atom stereocenters. The molecule has 0 bridgehead atoms. The number of aryl methyl sites for hydroxylation is 4. The minimum absolute atomic E-state index is 0.0416. The van der Waals surface area contributed by atoms with E-state index in [9.17, 15) is 9.59 Å². The molecule has 2 amide bonds. The Balaban J connectivity index is 1.34. The molecule has 7 heteroatoms. The van der Waals surface area contributed by atoms with Crippen LogP contribution in [0.2, 0.25) is 0 Å². The maximum absolute atomic E-state index is 12.9. The summed E-state index contributed by atoms with van der Waals surface area (Å²) in [6.07, 6.45) is 2.03. The molecule has 2 aromatic heterocycles. The summed E-state index contributed by atoms with van der Waals surface area (Å²) in [5.74, 6) is 0.167. The molecule has 3 heterocycles. The Labute approximate surface area is 189 Å². The Morgan fingerprint density at radius 3 is 2.28 bits per heavy atom. The molecule has 1 saturated heterocycles. The molecule has 32 heavy (non-hydrogen) atoms. The Morgan fingerprint density at radius 1 is 0.969 bits per heavy atom. The number of fused-ring (bicyclic) bond motifs is 1. The van der Waals surface area contributed by atoms with Gasteiger partial charge in [-0.1, -0.05) is 19.1 Å². The first-order valence-corrected chi connectivity index (χ1v) is 11.4. The number of piperazine rings is 1. The number of hydrogen-bond donors (Lipinski definition) is 0. The number of carbonyl (C=O) groups excluding carboxylic acids is 2. The van der Waals surface area contributed by atoms with Crippen molar-refractivity contribution >= 4 is 17.5 Å². The van der Waals surface area contributed by atoms with Crippen LogP contribution < -0.4 is 0 Å². The van der Waals surface area contributed by atoms with Gasteiger partial charge >= 0.3 is 0 Å². The van der Waals surface area contributed by atoms with Crippen molar-refractivity contribution in [3.63, 3.8) is 0 Å². The minimum Gasteiger partial charge on any atom is -0.339 e. The van der Waals surface area contributed by atoms with Gasteiger partial charge in [-0.15, -0.1) is 0 Å². The van der Waals surface area contributed by atoms with Crippen LogP contribution in [0.1, 0.15) is 51.9 Å². The third-order valence-corrected chi connectivity index (χ3v) is 6.40. The van der Waals surface area contributed by atoms with Gasteiger partial charge in [-0.25, -0.2) is 9.50 Å². The van der Waals surface area contributed by atoms with Crippen LogP contribution >= 0.6 is 0 Å². The highest BCUT2D eigenvalue weighted by atomic mass is 16.2. The van der Waals surface area contributed by atoms with Crippen molar-refractivity contribution in [2.75, 3.05) is 26.2 Å². The van der Waals surface area contributed by atoms with E-state index < -0.39 is 0 Å². The molecule has 0 aliphatic carbocycles. The molecule has 1 aromatic carbocycles. The van der Waals surface area contributed by atoms with Gasteiger partial charge in [0, 0.05) is 55.6 Å². The molecule has 1 aliphatic rings. The first-order chi connectivity index (χ1) is 15.4. The molecular formula is C25H31N5O2. The number of nitrogens with zero attached hydrogens (tertiary/aromatic N) is 5. The lowest BCUT2D eigenvalue weighted by molar-refractivity contribution is -0.132. The zero-order valence-corrected chi connectivity index (χ0v) is 19.4. The molecule has 1 fully saturated rings. The average molecular weight is 434 g/mol. The smallest absolute Gasteiger partial charge is 0.253 e. The van der Waals surface area contributed by atoms with E-state index in [1.807, 2.05) is 65.4 Å². The van der Waals surface area contributed by atoms with Gasteiger partial charge in [-0.05, 0) is 56.9 Å². The average Bonchev–Trinajstić information content (AvgIpc) is 3.18. The van der Waals surface area contributed by atoms with Gasteiger partial charge in [-0.2, -0.15) is 5.10 Å². The summed E-state index contributed by atoms with van der Waals surface area (Å²) in [4.78, 5) is 34.0. The van der Waals surface area contributed by atoms with Crippen molar-refractivity contribution in [1.82, 2.24) is 24.4 Å². The highest BCUT2D eigenvalue weighted by Gasteiger charge is 2.25. The Morgan fingerprint density at radius 2 is 1.62 bits per heavy atom. The number of benzene rings is 1. The van der Waals surface area contributed by atoms with Crippen LogP contribution in [0.5, 0.6) is 0 Å². The number of carbonyl (C=O) groups is 2. The monoisotopic (exact) mass is 433 g/mol. The number of aromatic nitrogens is 3. The van der Waals surface area contributed by atoms with E-state index in [0.717, 1.165) is 34.7 Å². The van der Waals surface area contributed by atoms with Gasteiger partial charge in [0.1, 0.15) is 0 Å². The lowest BCUT2D eigenvalue weighted by atomic mass is 10.1. The van der Waals surface area contributed by atoms with Crippen LogP contribution in [0.15, 0.2) is 30.3 Å². The third kappa shape index (κ3) is 4.38. The van der Waals surface area contributed by atoms with Crippen LogP contribution in [0.25, 0.3) is 5.65 Å². The Bertz CT molecular complexity index is 1140. The molecule has 7 nitrogen and oxygen atoms in total. The van der Waals surface area contributed by atoms with Gasteiger partial charge in [-0.3, -0.25) is 9.59 Å². The second-order valence-corrected chi connectivity index (χ2v) is 8.54. The molecular weight excluding hydrogens is 402 g/mol. The van der Waals surface area contributed by atoms with Crippen molar-refractivity contribution < 1.29 is 9.59 Å². The summed E-state index contributed by atoms with van der Waals surface area (Å²) in [5.41, 5.74) is 6.78. The fourth-order valence-electron chi connectivity index (χ4n) is 4.42. The molecule has 0 saturated carbocycles. The van der Waals surface area contributed by atoms with E-state index in [4.69, 9.17) is 0 Å². The Kier molecular flexibility index (Phi) is 6.26. The van der Waals surface area contributed by atoms with Crippen LogP contribution in [0, 0.1) is 20.8 Å². The molecule has 1 aliphatic heterocycles. The van der Waals surface area contributed by atoms with E-state index in [1.54, 1.807) is 0 Å². The number of hydrogen-bond acceptors (Lipinski definition) is 4. The molecule has 0 atom stereocenters. The van der Waals surface area contributed by atoms with E-state index in [-0.39, 0.29) is 11.8 Å². The standard InChI is InChI=1S/C25H31N5O2/c1-5-20-6-8-21(9-7-20)25(32)29-14-12-28(13-15-29)24(31)11-10-22-18(3)26-23-16-17(2)27-30(23)19(22)4/h6-9,16H,5,10-15H2,1-4H3. The van der Waals surface area contributed by atoms with Gasteiger partial charge in [0.05, 0.1) is 5.69 Å². The summed E-state index contributed by atoms with van der Waals surface area (Å²) < 4.78 is 1.86. The lowest BCUT2D eigenvalue weighted by Gasteiger charge is -2.35. The second-order valence-electron chi connectivity index (χ2n) is 8.54. The fourth-order valence-corrected chi connectivity index (χ4v) is 4.42. The minimum atomic E-state index is 0.0416. The van der Waals surface area contributed by atoms with E-state index in [2.05, 4.69) is 17.0 Å². The van der Waals surface area contributed by atoms with E-state index >= 15 is 0 Å². The van der Waals surface area contributed by atoms with Crippen molar-refractivity contribution in [1.29, 1.82) is 0 Å². The number of rotatable bonds is 5. The van der Waals surface area contributed by atoms with E-state index in [0.29, 0.717) is 44.6 Å². The largest absolute Gasteiger partial charge is 0.339 e. The fraction of sp³-hybridized carbons (Fsp3) is 0.440. The van der Waals surface area contributed by atoms with Gasteiger partial charge in [0.2, 0.25) is 5.91 Å². The predicted octanol–water partition coefficient (Wildman–Crippen LogP) is 3.13.